The third-order valence-electron chi connectivity index (χ3n) is 5.04. The lowest BCUT2D eigenvalue weighted by molar-refractivity contribution is -0.137. The van der Waals surface area contributed by atoms with Gasteiger partial charge in [-0.1, -0.05) is 0 Å². The van der Waals surface area contributed by atoms with Gasteiger partial charge in [0.1, 0.15) is 17.3 Å². The first kappa shape index (κ1) is 22.7. The Morgan fingerprint density at radius 2 is 1.90 bits per heavy atom. The molecule has 0 atom stereocenters. The topological polar surface area (TPSA) is 66.9 Å². The van der Waals surface area contributed by atoms with Crippen LogP contribution in [0.5, 0.6) is 11.5 Å². The molecule has 0 aliphatic carbocycles. The Bertz CT molecular complexity index is 890. The largest absolute Gasteiger partial charge is 0.497 e. The number of carbonyl (C=O) groups excluding carboxylic acids is 1. The third kappa shape index (κ3) is 6.00. The van der Waals surface area contributed by atoms with Gasteiger partial charge in [-0.15, -0.1) is 0 Å². The van der Waals surface area contributed by atoms with Crippen molar-refractivity contribution in [1.29, 1.82) is 0 Å². The van der Waals surface area contributed by atoms with E-state index in [0.29, 0.717) is 49.2 Å². The number of hydrogen-bond donors (Lipinski definition) is 1. The monoisotopic (exact) mass is 438 g/mol. The zero-order valence-corrected chi connectivity index (χ0v) is 17.4. The normalized spacial score (nSPS) is 15.3. The Balaban J connectivity index is 1.56. The van der Waals surface area contributed by atoms with Crippen molar-refractivity contribution < 1.29 is 27.4 Å². The first-order chi connectivity index (χ1) is 14.8. The second kappa shape index (κ2) is 9.86. The van der Waals surface area contributed by atoms with Crippen molar-refractivity contribution in [2.45, 2.75) is 12.6 Å². The van der Waals surface area contributed by atoms with E-state index in [1.165, 1.54) is 13.2 Å². The average Bonchev–Trinajstić information content (AvgIpc) is 2.99. The molecule has 0 bridgehead atoms. The molecule has 1 aliphatic rings. The number of ether oxygens (including phenoxy) is 2. The number of nitrogens with one attached hydrogen (secondary N) is 1. The van der Waals surface area contributed by atoms with Crippen LogP contribution in [0.3, 0.4) is 0 Å². The van der Waals surface area contributed by atoms with Crippen LogP contribution in [0.15, 0.2) is 36.5 Å². The fraction of sp³-hybridized carbons (Fsp3) is 0.429. The summed E-state index contributed by atoms with van der Waals surface area (Å²) in [5.74, 6) is 1.45. The molecule has 3 rings (SSSR count). The molecular formula is C21H25F3N4O3. The fourth-order valence-electron chi connectivity index (χ4n) is 3.39. The van der Waals surface area contributed by atoms with Crippen LogP contribution in [0.2, 0.25) is 0 Å². The van der Waals surface area contributed by atoms with E-state index in [0.717, 1.165) is 18.7 Å². The molecule has 1 N–H and O–H groups in total. The maximum atomic E-state index is 12.7. The highest BCUT2D eigenvalue weighted by Gasteiger charge is 2.31. The number of aromatic nitrogens is 1. The van der Waals surface area contributed by atoms with Crippen LogP contribution in [0, 0.1) is 0 Å². The van der Waals surface area contributed by atoms with Gasteiger partial charge in [0.15, 0.2) is 0 Å². The number of benzene rings is 1. The molecule has 0 radical (unpaired) electrons. The van der Waals surface area contributed by atoms with Gasteiger partial charge < -0.3 is 19.7 Å². The SMILES string of the molecule is COc1ccc(NC(=O)CN2CCCN(c3ccc(C(F)(F)F)cn3)CC2)c(OC)c1. The summed E-state index contributed by atoms with van der Waals surface area (Å²) < 4.78 is 48.6. The first-order valence-corrected chi connectivity index (χ1v) is 9.82. The number of nitrogens with zero attached hydrogens (tertiary/aromatic N) is 3. The quantitative estimate of drug-likeness (QED) is 0.747. The zero-order chi connectivity index (χ0) is 22.4. The van der Waals surface area contributed by atoms with E-state index in [-0.39, 0.29) is 12.5 Å². The highest BCUT2D eigenvalue weighted by Crippen LogP contribution is 2.30. The summed E-state index contributed by atoms with van der Waals surface area (Å²) in [7, 11) is 3.07. The van der Waals surface area contributed by atoms with Gasteiger partial charge in [0.05, 0.1) is 32.0 Å². The number of halogens is 3. The van der Waals surface area contributed by atoms with Crippen LogP contribution in [-0.4, -0.2) is 62.7 Å². The van der Waals surface area contributed by atoms with E-state index in [1.807, 2.05) is 9.80 Å². The Hall–Kier alpha value is -3.01. The highest BCUT2D eigenvalue weighted by molar-refractivity contribution is 5.93. The second-order valence-corrected chi connectivity index (χ2v) is 7.13. The number of carbonyl (C=O) groups is 1. The summed E-state index contributed by atoms with van der Waals surface area (Å²) in [5.41, 5.74) is -0.211. The lowest BCUT2D eigenvalue weighted by Gasteiger charge is -2.23. The maximum absolute atomic E-state index is 12.7. The molecule has 1 aliphatic heterocycles. The minimum atomic E-state index is -4.40. The molecule has 10 heteroatoms. The van der Waals surface area contributed by atoms with E-state index in [2.05, 4.69) is 10.3 Å². The van der Waals surface area contributed by atoms with Gasteiger partial charge in [-0.3, -0.25) is 9.69 Å². The standard InChI is InChI=1S/C21H25F3N4O3/c1-30-16-5-6-17(18(12-16)31-2)26-20(29)14-27-8-3-9-28(11-10-27)19-7-4-15(13-25-19)21(22,23)24/h4-7,12-13H,3,8-11,14H2,1-2H3,(H,26,29). The van der Waals surface area contributed by atoms with E-state index < -0.39 is 11.7 Å². The van der Waals surface area contributed by atoms with Crippen LogP contribution in [-0.2, 0) is 11.0 Å². The summed E-state index contributed by atoms with van der Waals surface area (Å²) in [6.45, 7) is 2.71. The molecule has 168 valence electrons. The number of methoxy groups -OCH3 is 2. The molecule has 31 heavy (non-hydrogen) atoms. The number of rotatable bonds is 6. The van der Waals surface area contributed by atoms with Crippen molar-refractivity contribution >= 4 is 17.4 Å². The zero-order valence-electron chi connectivity index (χ0n) is 17.4. The molecule has 0 spiro atoms. The van der Waals surface area contributed by atoms with Gasteiger partial charge in [0.25, 0.3) is 0 Å². The van der Waals surface area contributed by atoms with Gasteiger partial charge in [0, 0.05) is 38.4 Å². The molecule has 2 heterocycles. The Kier molecular flexibility index (Phi) is 7.21. The van der Waals surface area contributed by atoms with Crippen LogP contribution < -0.4 is 19.7 Å². The van der Waals surface area contributed by atoms with Gasteiger partial charge in [-0.25, -0.2) is 4.98 Å². The summed E-state index contributed by atoms with van der Waals surface area (Å²) in [6.07, 6.45) is -2.78. The molecule has 1 aromatic carbocycles. The maximum Gasteiger partial charge on any atom is 0.417 e. The van der Waals surface area contributed by atoms with Gasteiger partial charge in [-0.2, -0.15) is 13.2 Å². The van der Waals surface area contributed by atoms with Crippen molar-refractivity contribution in [3.05, 3.63) is 42.1 Å². The van der Waals surface area contributed by atoms with Gasteiger partial charge in [-0.05, 0) is 30.7 Å². The average molecular weight is 438 g/mol. The van der Waals surface area contributed by atoms with Crippen molar-refractivity contribution in [2.75, 3.05) is 57.2 Å². The van der Waals surface area contributed by atoms with Gasteiger partial charge in [0.2, 0.25) is 5.91 Å². The second-order valence-electron chi connectivity index (χ2n) is 7.13. The molecule has 0 saturated carbocycles. The minimum Gasteiger partial charge on any atom is -0.497 e. The van der Waals surface area contributed by atoms with Crippen molar-refractivity contribution in [1.82, 2.24) is 9.88 Å². The molecular weight excluding hydrogens is 413 g/mol. The number of anilines is 2. The Labute approximate surface area is 178 Å². The summed E-state index contributed by atoms with van der Waals surface area (Å²) in [5, 5.41) is 2.85. The van der Waals surface area contributed by atoms with E-state index >= 15 is 0 Å². The van der Waals surface area contributed by atoms with Crippen LogP contribution in [0.4, 0.5) is 24.7 Å². The number of alkyl halides is 3. The molecule has 1 amide bonds. The number of pyridine rings is 1. The first-order valence-electron chi connectivity index (χ1n) is 9.82. The van der Waals surface area contributed by atoms with Crippen LogP contribution in [0.1, 0.15) is 12.0 Å². The molecule has 1 saturated heterocycles. The molecule has 7 nitrogen and oxygen atoms in total. The van der Waals surface area contributed by atoms with E-state index in [1.54, 1.807) is 25.3 Å². The van der Waals surface area contributed by atoms with Crippen LogP contribution in [0.25, 0.3) is 0 Å². The Morgan fingerprint density at radius 3 is 2.55 bits per heavy atom. The smallest absolute Gasteiger partial charge is 0.417 e. The van der Waals surface area contributed by atoms with E-state index in [4.69, 9.17) is 9.47 Å². The van der Waals surface area contributed by atoms with Crippen LogP contribution >= 0.6 is 0 Å². The highest BCUT2D eigenvalue weighted by atomic mass is 19.4. The number of hydrogen-bond acceptors (Lipinski definition) is 6. The minimum absolute atomic E-state index is 0.176. The molecule has 0 unspecified atom stereocenters. The Morgan fingerprint density at radius 1 is 1.10 bits per heavy atom. The van der Waals surface area contributed by atoms with Crippen molar-refractivity contribution in [3.63, 3.8) is 0 Å². The fourth-order valence-corrected chi connectivity index (χ4v) is 3.39. The van der Waals surface area contributed by atoms with Crippen molar-refractivity contribution in [2.24, 2.45) is 0 Å². The number of amides is 1. The predicted molar refractivity (Wildman–Crippen MR) is 111 cm³/mol. The van der Waals surface area contributed by atoms with E-state index in [9.17, 15) is 18.0 Å². The predicted octanol–water partition coefficient (Wildman–Crippen LogP) is 3.27. The summed E-state index contributed by atoms with van der Waals surface area (Å²) in [4.78, 5) is 20.4. The van der Waals surface area contributed by atoms with Crippen molar-refractivity contribution in [3.8, 4) is 11.5 Å². The summed E-state index contributed by atoms with van der Waals surface area (Å²) >= 11 is 0. The lowest BCUT2D eigenvalue weighted by atomic mass is 10.2. The van der Waals surface area contributed by atoms with Gasteiger partial charge >= 0.3 is 6.18 Å². The lowest BCUT2D eigenvalue weighted by Crippen LogP contribution is -2.36. The molecule has 2 aromatic rings. The third-order valence-corrected chi connectivity index (χ3v) is 5.04. The molecule has 1 fully saturated rings. The molecule has 1 aromatic heterocycles. The summed E-state index contributed by atoms with van der Waals surface area (Å²) in [6, 6.07) is 7.58.